The van der Waals surface area contributed by atoms with Gasteiger partial charge >= 0.3 is 10.4 Å². The molecule has 0 saturated carbocycles. The van der Waals surface area contributed by atoms with Crippen molar-refractivity contribution < 1.29 is 21.6 Å². The van der Waals surface area contributed by atoms with Crippen LogP contribution in [0.1, 0.15) is 18.1 Å². The number of amides is 1. The number of anilines is 1. The summed E-state index contributed by atoms with van der Waals surface area (Å²) in [5.41, 5.74) is 4.14. The first kappa shape index (κ1) is 13.1. The first-order chi connectivity index (χ1) is 10.4. The summed E-state index contributed by atoms with van der Waals surface area (Å²) in [5.74, 6) is -0.166. The van der Waals surface area contributed by atoms with Crippen molar-refractivity contribution in [3.05, 3.63) is 41.5 Å². The summed E-state index contributed by atoms with van der Waals surface area (Å²) in [7, 11) is -4.11. The highest BCUT2D eigenvalue weighted by Gasteiger charge is 2.36. The Morgan fingerprint density at radius 3 is 2.73 bits per heavy atom. The van der Waals surface area contributed by atoms with Gasteiger partial charge in [-0.3, -0.25) is 4.79 Å². The van der Waals surface area contributed by atoms with E-state index in [9.17, 15) is 13.2 Å². The van der Waals surface area contributed by atoms with E-state index in [0.29, 0.717) is 12.1 Å². The molecule has 0 radical (unpaired) electrons. The fourth-order valence-electron chi connectivity index (χ4n) is 2.91. The third-order valence-electron chi connectivity index (χ3n) is 3.71. The average Bonchev–Trinajstić information content (AvgIpc) is 2.95. The van der Waals surface area contributed by atoms with Gasteiger partial charge in [0.25, 0.3) is 0 Å². The van der Waals surface area contributed by atoms with Crippen LogP contribution in [0.3, 0.4) is 0 Å². The third-order valence-corrected chi connectivity index (χ3v) is 4.46. The van der Waals surface area contributed by atoms with Crippen LogP contribution in [0.4, 0.5) is 5.69 Å². The van der Waals surface area contributed by atoms with Crippen molar-refractivity contribution in [3.63, 3.8) is 0 Å². The average molecular weight is 317 g/mol. The Kier molecular flexibility index (Phi) is 2.53. The van der Waals surface area contributed by atoms with Crippen molar-refractivity contribution in [3.8, 4) is 22.6 Å². The summed E-state index contributed by atoms with van der Waals surface area (Å²) in [5, 5.41) is 2.67. The third kappa shape index (κ3) is 1.86. The van der Waals surface area contributed by atoms with Crippen LogP contribution >= 0.6 is 0 Å². The maximum atomic E-state index is 11.5. The van der Waals surface area contributed by atoms with E-state index in [0.717, 1.165) is 22.3 Å². The zero-order valence-electron chi connectivity index (χ0n) is 11.5. The number of fused-ring (bicyclic) bond motifs is 4. The molecule has 6 nitrogen and oxygen atoms in total. The van der Waals surface area contributed by atoms with E-state index in [1.807, 2.05) is 24.3 Å². The van der Waals surface area contributed by atoms with E-state index in [4.69, 9.17) is 8.37 Å². The van der Waals surface area contributed by atoms with Gasteiger partial charge in [0.1, 0.15) is 0 Å². The van der Waals surface area contributed by atoms with Crippen LogP contribution in [-0.2, 0) is 21.6 Å². The highest BCUT2D eigenvalue weighted by Crippen LogP contribution is 2.51. The maximum absolute atomic E-state index is 11.5. The van der Waals surface area contributed by atoms with E-state index in [1.165, 1.54) is 6.92 Å². The molecule has 0 fully saturated rings. The van der Waals surface area contributed by atoms with Crippen LogP contribution in [0.5, 0.6) is 11.5 Å². The van der Waals surface area contributed by atoms with E-state index in [1.54, 1.807) is 6.07 Å². The van der Waals surface area contributed by atoms with Crippen LogP contribution in [0.25, 0.3) is 11.1 Å². The summed E-state index contributed by atoms with van der Waals surface area (Å²) in [6, 6.07) is 9.44. The van der Waals surface area contributed by atoms with E-state index in [-0.39, 0.29) is 17.4 Å². The van der Waals surface area contributed by atoms with Gasteiger partial charge in [0.2, 0.25) is 11.7 Å². The zero-order valence-corrected chi connectivity index (χ0v) is 12.4. The second kappa shape index (κ2) is 4.23. The van der Waals surface area contributed by atoms with Gasteiger partial charge in [-0.2, -0.15) is 0 Å². The van der Waals surface area contributed by atoms with Gasteiger partial charge in [-0.05, 0) is 28.3 Å². The Hall–Kier alpha value is -2.54. The largest absolute Gasteiger partial charge is 0.501 e. The van der Waals surface area contributed by atoms with E-state index >= 15 is 0 Å². The lowest BCUT2D eigenvalue weighted by Gasteiger charge is -2.11. The minimum absolute atomic E-state index is 0.0433. The van der Waals surface area contributed by atoms with Gasteiger partial charge in [-0.25, -0.2) is 0 Å². The fourth-order valence-corrected chi connectivity index (χ4v) is 3.66. The van der Waals surface area contributed by atoms with Crippen LogP contribution in [0.2, 0.25) is 0 Å². The van der Waals surface area contributed by atoms with Gasteiger partial charge in [-0.15, -0.1) is 8.42 Å². The zero-order chi connectivity index (χ0) is 15.5. The Morgan fingerprint density at radius 1 is 1.18 bits per heavy atom. The fraction of sp³-hybridized carbons (Fsp3) is 0.133. The molecule has 1 aliphatic carbocycles. The lowest BCUT2D eigenvalue weighted by atomic mass is 10.0. The first-order valence-corrected chi connectivity index (χ1v) is 7.97. The van der Waals surface area contributed by atoms with Gasteiger partial charge < -0.3 is 13.7 Å². The molecule has 0 aromatic heterocycles. The Labute approximate surface area is 127 Å². The van der Waals surface area contributed by atoms with Crippen molar-refractivity contribution in [2.45, 2.75) is 13.3 Å². The molecular weight excluding hydrogens is 306 g/mol. The Balaban J connectivity index is 1.99. The molecule has 0 saturated heterocycles. The van der Waals surface area contributed by atoms with Crippen LogP contribution in [0.15, 0.2) is 30.3 Å². The Bertz CT molecular complexity index is 933. The van der Waals surface area contributed by atoms with Gasteiger partial charge in [0, 0.05) is 13.3 Å². The summed E-state index contributed by atoms with van der Waals surface area (Å²) in [6.07, 6.45) is 0.595. The molecule has 1 heterocycles. The monoisotopic (exact) mass is 317 g/mol. The number of hydrogen-bond acceptors (Lipinski definition) is 5. The SMILES string of the molecule is CC(=O)Nc1c2c(cc3c1OS(=O)(=O)O3)-c1ccccc1C2. The van der Waals surface area contributed by atoms with Gasteiger partial charge in [0.05, 0.1) is 5.69 Å². The molecule has 4 rings (SSSR count). The molecule has 0 unspecified atom stereocenters. The van der Waals surface area contributed by atoms with E-state index in [2.05, 4.69) is 5.32 Å². The predicted octanol–water partition coefficient (Wildman–Crippen LogP) is 2.23. The predicted molar refractivity (Wildman–Crippen MR) is 79.2 cm³/mol. The van der Waals surface area contributed by atoms with E-state index < -0.39 is 10.4 Å². The summed E-state index contributed by atoms with van der Waals surface area (Å²) in [4.78, 5) is 11.5. The summed E-state index contributed by atoms with van der Waals surface area (Å²) >= 11 is 0. The normalized spacial score (nSPS) is 16.0. The lowest BCUT2D eigenvalue weighted by Crippen LogP contribution is -2.11. The van der Waals surface area contributed by atoms with Crippen molar-refractivity contribution in [1.82, 2.24) is 0 Å². The minimum Gasteiger partial charge on any atom is -0.349 e. The molecule has 112 valence electrons. The van der Waals surface area contributed by atoms with Crippen molar-refractivity contribution in [2.24, 2.45) is 0 Å². The summed E-state index contributed by atoms with van der Waals surface area (Å²) < 4.78 is 32.8. The van der Waals surface area contributed by atoms with Gasteiger partial charge in [0.15, 0.2) is 5.75 Å². The second-order valence-electron chi connectivity index (χ2n) is 5.19. The quantitative estimate of drug-likeness (QED) is 0.744. The smallest absolute Gasteiger partial charge is 0.349 e. The number of hydrogen-bond donors (Lipinski definition) is 1. The maximum Gasteiger partial charge on any atom is 0.501 e. The van der Waals surface area contributed by atoms with Crippen molar-refractivity contribution >= 4 is 22.0 Å². The molecule has 2 aromatic rings. The molecule has 0 atom stereocenters. The minimum atomic E-state index is -4.11. The highest BCUT2D eigenvalue weighted by molar-refractivity contribution is 7.82. The molecule has 1 aliphatic heterocycles. The molecule has 2 aromatic carbocycles. The molecule has 0 bridgehead atoms. The number of nitrogens with one attached hydrogen (secondary N) is 1. The number of carbonyl (C=O) groups is 1. The molecule has 7 heteroatoms. The number of rotatable bonds is 1. The van der Waals surface area contributed by atoms with Gasteiger partial charge in [-0.1, -0.05) is 24.3 Å². The van der Waals surface area contributed by atoms with Crippen molar-refractivity contribution in [1.29, 1.82) is 0 Å². The lowest BCUT2D eigenvalue weighted by molar-refractivity contribution is -0.114. The molecule has 0 spiro atoms. The number of benzene rings is 2. The van der Waals surface area contributed by atoms with Crippen LogP contribution < -0.4 is 13.7 Å². The molecule has 22 heavy (non-hydrogen) atoms. The molecule has 1 amide bonds. The highest BCUT2D eigenvalue weighted by atomic mass is 32.3. The Morgan fingerprint density at radius 2 is 1.95 bits per heavy atom. The molecule has 1 N–H and O–H groups in total. The first-order valence-electron chi connectivity index (χ1n) is 6.64. The molecule has 2 aliphatic rings. The number of carbonyl (C=O) groups excluding carboxylic acids is 1. The summed E-state index contributed by atoms with van der Waals surface area (Å²) in [6.45, 7) is 1.36. The second-order valence-corrected chi connectivity index (χ2v) is 6.34. The topological polar surface area (TPSA) is 81.7 Å². The molecular formula is C15H11NO5S. The van der Waals surface area contributed by atoms with Crippen molar-refractivity contribution in [2.75, 3.05) is 5.32 Å². The standard InChI is InChI=1S/C15H11NO5S/c1-8(17)16-14-12-6-9-4-2-3-5-10(9)11(12)7-13-15(14)21-22(18,19)20-13/h2-5,7H,6H2,1H3,(H,16,17). The van der Waals surface area contributed by atoms with Crippen LogP contribution in [-0.4, -0.2) is 14.3 Å². The van der Waals surface area contributed by atoms with Crippen LogP contribution in [0, 0.1) is 0 Å².